The molecule has 0 spiro atoms. The van der Waals surface area contributed by atoms with Crippen molar-refractivity contribution in [2.45, 2.75) is 24.8 Å². The highest BCUT2D eigenvalue weighted by Crippen LogP contribution is 2.21. The van der Waals surface area contributed by atoms with E-state index in [-0.39, 0.29) is 22.5 Å². The van der Waals surface area contributed by atoms with Crippen LogP contribution in [0.1, 0.15) is 22.8 Å². The lowest BCUT2D eigenvalue weighted by molar-refractivity contribution is 0.0654. The van der Waals surface area contributed by atoms with Gasteiger partial charge in [0.1, 0.15) is 5.82 Å². The summed E-state index contributed by atoms with van der Waals surface area (Å²) in [6.45, 7) is 5.72. The normalized spacial score (nSPS) is 17.6. The van der Waals surface area contributed by atoms with E-state index in [0.717, 1.165) is 0 Å². The van der Waals surface area contributed by atoms with Gasteiger partial charge in [-0.25, -0.2) is 12.8 Å². The minimum Gasteiger partial charge on any atom is -0.333 e. The van der Waals surface area contributed by atoms with Crippen molar-refractivity contribution in [2.75, 3.05) is 24.4 Å². The van der Waals surface area contributed by atoms with Crippen LogP contribution in [0.5, 0.6) is 0 Å². The Hall–Kier alpha value is -2.45. The Morgan fingerprint density at radius 3 is 2.59 bits per heavy atom. The quantitative estimate of drug-likeness (QED) is 0.839. The predicted octanol–water partition coefficient (Wildman–Crippen LogP) is 2.37. The topological polar surface area (TPSA) is 78.5 Å². The van der Waals surface area contributed by atoms with Crippen molar-refractivity contribution in [3.05, 3.63) is 59.4 Å². The average Bonchev–Trinajstić information content (AvgIpc) is 2.63. The third-order valence-corrected chi connectivity index (χ3v) is 5.99. The van der Waals surface area contributed by atoms with Gasteiger partial charge in [0.2, 0.25) is 0 Å². The summed E-state index contributed by atoms with van der Waals surface area (Å²) in [5, 5.41) is 3.23. The number of amides is 1. The Morgan fingerprint density at radius 2 is 1.93 bits per heavy atom. The molecule has 27 heavy (non-hydrogen) atoms. The molecule has 1 saturated heterocycles. The number of hydrogen-bond acceptors (Lipinski definition) is 4. The number of aryl methyl sites for hydroxylation is 1. The first kappa shape index (κ1) is 19.3. The molecule has 6 nitrogen and oxygen atoms in total. The van der Waals surface area contributed by atoms with E-state index < -0.39 is 15.8 Å². The summed E-state index contributed by atoms with van der Waals surface area (Å²) in [5.41, 5.74) is 1.33. The highest BCUT2D eigenvalue weighted by atomic mass is 32.2. The van der Waals surface area contributed by atoms with Crippen molar-refractivity contribution >= 4 is 21.6 Å². The van der Waals surface area contributed by atoms with Gasteiger partial charge in [-0.2, -0.15) is 0 Å². The molecular formula is C19H22FN3O3S. The highest BCUT2D eigenvalue weighted by Gasteiger charge is 2.26. The SMILES string of the molecule is Cc1ccc(S(=O)(=O)Nc2ccc(F)cc2)cc1C(=O)N1CCNC[C@@H]1C. The molecule has 0 unspecified atom stereocenters. The minimum atomic E-state index is -3.90. The van der Waals surface area contributed by atoms with Gasteiger partial charge < -0.3 is 10.2 Å². The summed E-state index contributed by atoms with van der Waals surface area (Å²) < 4.78 is 40.8. The van der Waals surface area contributed by atoms with Crippen LogP contribution >= 0.6 is 0 Å². The summed E-state index contributed by atoms with van der Waals surface area (Å²) in [5.74, 6) is -0.633. The molecule has 2 aromatic rings. The molecule has 1 amide bonds. The zero-order chi connectivity index (χ0) is 19.6. The van der Waals surface area contributed by atoms with Crippen molar-refractivity contribution in [1.29, 1.82) is 0 Å². The van der Waals surface area contributed by atoms with Crippen molar-refractivity contribution in [3.63, 3.8) is 0 Å². The smallest absolute Gasteiger partial charge is 0.261 e. The molecule has 0 bridgehead atoms. The van der Waals surface area contributed by atoms with E-state index in [4.69, 9.17) is 0 Å². The highest BCUT2D eigenvalue weighted by molar-refractivity contribution is 7.92. The number of benzene rings is 2. The number of halogens is 1. The standard InChI is InChI=1S/C19H22FN3O3S/c1-13-3-8-17(27(25,26)22-16-6-4-15(20)5-7-16)11-18(13)19(24)23-10-9-21-12-14(23)2/h3-8,11,14,21-22H,9-10,12H2,1-2H3/t14-/m0/s1. The van der Waals surface area contributed by atoms with Crippen LogP contribution in [0.3, 0.4) is 0 Å². The number of carbonyl (C=O) groups excluding carboxylic acids is 1. The molecule has 144 valence electrons. The largest absolute Gasteiger partial charge is 0.333 e. The second kappa shape index (κ2) is 7.66. The first-order valence-electron chi connectivity index (χ1n) is 8.68. The van der Waals surface area contributed by atoms with E-state index in [2.05, 4.69) is 10.0 Å². The number of piperazine rings is 1. The van der Waals surface area contributed by atoms with Crippen LogP contribution in [0.2, 0.25) is 0 Å². The predicted molar refractivity (Wildman–Crippen MR) is 102 cm³/mol. The van der Waals surface area contributed by atoms with E-state index in [9.17, 15) is 17.6 Å². The van der Waals surface area contributed by atoms with Gasteiger partial charge in [-0.3, -0.25) is 9.52 Å². The monoisotopic (exact) mass is 391 g/mol. The van der Waals surface area contributed by atoms with Gasteiger partial charge in [0.25, 0.3) is 15.9 Å². The Labute approximate surface area is 158 Å². The Bertz CT molecular complexity index is 945. The first-order valence-corrected chi connectivity index (χ1v) is 10.2. The molecule has 0 aromatic heterocycles. The van der Waals surface area contributed by atoms with Crippen LogP contribution in [0, 0.1) is 12.7 Å². The van der Waals surface area contributed by atoms with Crippen LogP contribution in [-0.4, -0.2) is 44.9 Å². The van der Waals surface area contributed by atoms with Crippen LogP contribution in [0.15, 0.2) is 47.4 Å². The minimum absolute atomic E-state index is 0.0106. The molecule has 1 atom stereocenters. The molecule has 0 radical (unpaired) electrons. The van der Waals surface area contributed by atoms with Crippen LogP contribution < -0.4 is 10.0 Å². The molecule has 3 rings (SSSR count). The van der Waals surface area contributed by atoms with Gasteiger partial charge in [-0.05, 0) is 55.8 Å². The van der Waals surface area contributed by atoms with Crippen molar-refractivity contribution in [3.8, 4) is 0 Å². The van der Waals surface area contributed by atoms with E-state index in [1.54, 1.807) is 17.9 Å². The fourth-order valence-corrected chi connectivity index (χ4v) is 4.11. The first-order chi connectivity index (χ1) is 12.8. The van der Waals surface area contributed by atoms with E-state index in [1.807, 2.05) is 6.92 Å². The molecule has 1 aliphatic heterocycles. The molecule has 1 fully saturated rings. The zero-order valence-corrected chi connectivity index (χ0v) is 16.0. The van der Waals surface area contributed by atoms with Gasteiger partial charge in [0.15, 0.2) is 0 Å². The Morgan fingerprint density at radius 1 is 1.22 bits per heavy atom. The van der Waals surface area contributed by atoms with Crippen molar-refractivity contribution < 1.29 is 17.6 Å². The fraction of sp³-hybridized carbons (Fsp3) is 0.316. The van der Waals surface area contributed by atoms with E-state index in [0.29, 0.717) is 30.8 Å². The third kappa shape index (κ3) is 4.28. The summed E-state index contributed by atoms with van der Waals surface area (Å²) >= 11 is 0. The fourth-order valence-electron chi connectivity index (χ4n) is 3.03. The number of carbonyl (C=O) groups is 1. The molecule has 0 saturated carbocycles. The molecule has 0 aliphatic carbocycles. The molecule has 2 aromatic carbocycles. The number of hydrogen-bond donors (Lipinski definition) is 2. The van der Waals surface area contributed by atoms with Gasteiger partial charge in [0.05, 0.1) is 4.90 Å². The lowest BCUT2D eigenvalue weighted by Crippen LogP contribution is -2.52. The van der Waals surface area contributed by atoms with Crippen LogP contribution in [0.4, 0.5) is 10.1 Å². The van der Waals surface area contributed by atoms with Crippen LogP contribution in [0.25, 0.3) is 0 Å². The lowest BCUT2D eigenvalue weighted by atomic mass is 10.1. The molecular weight excluding hydrogens is 369 g/mol. The maximum Gasteiger partial charge on any atom is 0.261 e. The number of nitrogens with zero attached hydrogens (tertiary/aromatic N) is 1. The number of rotatable bonds is 4. The van der Waals surface area contributed by atoms with E-state index in [1.165, 1.54) is 36.4 Å². The second-order valence-electron chi connectivity index (χ2n) is 6.64. The molecule has 1 heterocycles. The number of sulfonamides is 1. The molecule has 1 aliphatic rings. The summed E-state index contributed by atoms with van der Waals surface area (Å²) in [6, 6.07) is 9.55. The maximum absolute atomic E-state index is 13.0. The van der Waals surface area contributed by atoms with Gasteiger partial charge in [0, 0.05) is 36.9 Å². The molecule has 2 N–H and O–H groups in total. The average molecular weight is 391 g/mol. The van der Waals surface area contributed by atoms with Crippen LogP contribution in [-0.2, 0) is 10.0 Å². The summed E-state index contributed by atoms with van der Waals surface area (Å²) in [4.78, 5) is 14.7. The maximum atomic E-state index is 13.0. The van der Waals surface area contributed by atoms with Crippen molar-refractivity contribution in [2.24, 2.45) is 0 Å². The summed E-state index contributed by atoms with van der Waals surface area (Å²) in [6.07, 6.45) is 0. The third-order valence-electron chi connectivity index (χ3n) is 4.61. The summed E-state index contributed by atoms with van der Waals surface area (Å²) in [7, 11) is -3.90. The zero-order valence-electron chi connectivity index (χ0n) is 15.2. The second-order valence-corrected chi connectivity index (χ2v) is 8.32. The Kier molecular flexibility index (Phi) is 5.48. The lowest BCUT2D eigenvalue weighted by Gasteiger charge is -2.34. The number of anilines is 1. The molecule has 8 heteroatoms. The Balaban J connectivity index is 1.89. The van der Waals surface area contributed by atoms with Gasteiger partial charge in [-0.15, -0.1) is 0 Å². The number of nitrogens with one attached hydrogen (secondary N) is 2. The van der Waals surface area contributed by atoms with Gasteiger partial charge >= 0.3 is 0 Å². The van der Waals surface area contributed by atoms with E-state index >= 15 is 0 Å². The van der Waals surface area contributed by atoms with Crippen molar-refractivity contribution in [1.82, 2.24) is 10.2 Å². The van der Waals surface area contributed by atoms with Gasteiger partial charge in [-0.1, -0.05) is 6.07 Å².